The molecule has 2 atom stereocenters. The molecule has 0 heterocycles. The number of carbonyl (C=O) groups excluding carboxylic acids is 1. The highest BCUT2D eigenvalue weighted by Crippen LogP contribution is 2.47. The molecule has 0 aromatic carbocycles. The molecule has 2 unspecified atom stereocenters. The molecule has 0 aromatic heterocycles. The van der Waals surface area contributed by atoms with Crippen LogP contribution in [0.25, 0.3) is 0 Å². The summed E-state index contributed by atoms with van der Waals surface area (Å²) in [5.74, 6) is 0.764. The number of rotatable bonds is 5. The Morgan fingerprint density at radius 2 is 2.27 bits per heavy atom. The second-order valence-corrected chi connectivity index (χ2v) is 5.25. The highest BCUT2D eigenvalue weighted by atomic mass is 32.1. The van der Waals surface area contributed by atoms with Gasteiger partial charge in [0.15, 0.2) is 0 Å². The van der Waals surface area contributed by atoms with Crippen LogP contribution in [0.15, 0.2) is 0 Å². The normalized spacial score (nSPS) is 30.7. The van der Waals surface area contributed by atoms with E-state index in [1.54, 1.807) is 0 Å². The minimum Gasteiger partial charge on any atom is -0.392 e. The summed E-state index contributed by atoms with van der Waals surface area (Å²) in [5, 5.41) is 3.07. The molecule has 3 nitrogen and oxygen atoms in total. The van der Waals surface area contributed by atoms with Gasteiger partial charge in [0.1, 0.15) is 0 Å². The van der Waals surface area contributed by atoms with Gasteiger partial charge in [-0.05, 0) is 31.6 Å². The summed E-state index contributed by atoms with van der Waals surface area (Å²) in [6, 6.07) is 0.393. The van der Waals surface area contributed by atoms with Crippen molar-refractivity contribution in [1.82, 2.24) is 5.32 Å². The third-order valence-corrected chi connectivity index (χ3v) is 3.95. The number of hydrogen-bond donors (Lipinski definition) is 2. The van der Waals surface area contributed by atoms with Crippen molar-refractivity contribution in [2.24, 2.45) is 17.1 Å². The molecule has 1 amide bonds. The summed E-state index contributed by atoms with van der Waals surface area (Å²) in [7, 11) is 0. The van der Waals surface area contributed by atoms with Gasteiger partial charge in [-0.1, -0.05) is 25.6 Å². The molecule has 0 radical (unpaired) electrons. The van der Waals surface area contributed by atoms with E-state index in [2.05, 4.69) is 12.2 Å². The summed E-state index contributed by atoms with van der Waals surface area (Å²) in [5.41, 5.74) is 5.12. The zero-order valence-electron chi connectivity index (χ0n) is 9.08. The number of nitrogens with two attached hydrogens (primary N) is 1. The number of thiocarbonyl (C=S) groups is 1. The van der Waals surface area contributed by atoms with Crippen LogP contribution < -0.4 is 11.1 Å². The zero-order valence-corrected chi connectivity index (χ0v) is 9.90. The van der Waals surface area contributed by atoms with Crippen LogP contribution in [0.1, 0.15) is 39.0 Å². The van der Waals surface area contributed by atoms with E-state index in [0.717, 1.165) is 19.3 Å². The van der Waals surface area contributed by atoms with Crippen LogP contribution in [0.4, 0.5) is 0 Å². The van der Waals surface area contributed by atoms with E-state index in [1.165, 1.54) is 12.8 Å². The monoisotopic (exact) mass is 226 g/mol. The Labute approximate surface area is 95.8 Å². The van der Waals surface area contributed by atoms with Crippen molar-refractivity contribution >= 4 is 23.1 Å². The highest BCUT2D eigenvalue weighted by Gasteiger charge is 2.54. The first-order valence-corrected chi connectivity index (χ1v) is 6.12. The molecule has 0 aromatic rings. The third kappa shape index (κ3) is 2.00. The number of carbonyl (C=O) groups is 1. The molecule has 0 spiro atoms. The summed E-state index contributed by atoms with van der Waals surface area (Å²) in [6.07, 6.45) is 5.20. The average molecular weight is 226 g/mol. The predicted octanol–water partition coefficient (Wildman–Crippen LogP) is 1.36. The lowest BCUT2D eigenvalue weighted by atomic mass is 10.1. The largest absolute Gasteiger partial charge is 0.392 e. The van der Waals surface area contributed by atoms with E-state index in [1.807, 2.05) is 0 Å². The van der Waals surface area contributed by atoms with E-state index >= 15 is 0 Å². The van der Waals surface area contributed by atoms with Gasteiger partial charge in [0, 0.05) is 6.04 Å². The minimum absolute atomic E-state index is 0.0682. The Bertz CT molecular complexity index is 299. The fourth-order valence-corrected chi connectivity index (χ4v) is 2.43. The second-order valence-electron chi connectivity index (χ2n) is 4.81. The van der Waals surface area contributed by atoms with Gasteiger partial charge in [0.2, 0.25) is 5.91 Å². The fourth-order valence-electron chi connectivity index (χ4n) is 2.13. The van der Waals surface area contributed by atoms with E-state index in [9.17, 15) is 4.79 Å². The molecule has 15 heavy (non-hydrogen) atoms. The SMILES string of the molecule is CCCC1CC1NC(=O)C1(C(N)=S)CC1. The maximum absolute atomic E-state index is 11.9. The van der Waals surface area contributed by atoms with E-state index in [0.29, 0.717) is 16.9 Å². The van der Waals surface area contributed by atoms with Crippen molar-refractivity contribution < 1.29 is 4.79 Å². The molecule has 84 valence electrons. The molecule has 0 bridgehead atoms. The molecule has 0 saturated heterocycles. The smallest absolute Gasteiger partial charge is 0.233 e. The van der Waals surface area contributed by atoms with Crippen LogP contribution in [-0.2, 0) is 4.79 Å². The Balaban J connectivity index is 1.82. The van der Waals surface area contributed by atoms with Crippen molar-refractivity contribution in [3.63, 3.8) is 0 Å². The predicted molar refractivity (Wildman–Crippen MR) is 63.4 cm³/mol. The molecular formula is C11H18N2OS. The van der Waals surface area contributed by atoms with Crippen LogP contribution >= 0.6 is 12.2 Å². The summed E-state index contributed by atoms with van der Waals surface area (Å²) in [6.45, 7) is 2.18. The molecule has 2 rings (SSSR count). The average Bonchev–Trinajstić information content (AvgIpc) is 2.99. The van der Waals surface area contributed by atoms with Gasteiger partial charge in [0.25, 0.3) is 0 Å². The van der Waals surface area contributed by atoms with E-state index in [4.69, 9.17) is 18.0 Å². The van der Waals surface area contributed by atoms with Crippen molar-refractivity contribution in [3.05, 3.63) is 0 Å². The first kappa shape index (κ1) is 10.9. The Hall–Kier alpha value is -0.640. The van der Waals surface area contributed by atoms with Gasteiger partial charge in [-0.2, -0.15) is 0 Å². The zero-order chi connectivity index (χ0) is 11.1. The fraction of sp³-hybridized carbons (Fsp3) is 0.818. The van der Waals surface area contributed by atoms with E-state index in [-0.39, 0.29) is 5.91 Å². The first-order chi connectivity index (χ1) is 7.10. The lowest BCUT2D eigenvalue weighted by Crippen LogP contribution is -2.41. The van der Waals surface area contributed by atoms with Crippen molar-refractivity contribution in [1.29, 1.82) is 0 Å². The lowest BCUT2D eigenvalue weighted by Gasteiger charge is -2.13. The van der Waals surface area contributed by atoms with Crippen LogP contribution in [0.3, 0.4) is 0 Å². The summed E-state index contributed by atoms with van der Waals surface area (Å²) in [4.78, 5) is 12.3. The minimum atomic E-state index is -0.477. The van der Waals surface area contributed by atoms with Gasteiger partial charge in [-0.3, -0.25) is 4.79 Å². The molecule has 2 saturated carbocycles. The van der Waals surface area contributed by atoms with E-state index < -0.39 is 5.41 Å². The van der Waals surface area contributed by atoms with Gasteiger partial charge >= 0.3 is 0 Å². The van der Waals surface area contributed by atoms with Gasteiger partial charge < -0.3 is 11.1 Å². The second kappa shape index (κ2) is 3.74. The number of hydrogen-bond acceptors (Lipinski definition) is 2. The van der Waals surface area contributed by atoms with Crippen molar-refractivity contribution in [2.45, 2.75) is 45.1 Å². The third-order valence-electron chi connectivity index (χ3n) is 3.55. The molecule has 2 aliphatic rings. The molecule has 0 aliphatic heterocycles. The maximum atomic E-state index is 11.9. The van der Waals surface area contributed by atoms with Crippen LogP contribution in [0.5, 0.6) is 0 Å². The first-order valence-electron chi connectivity index (χ1n) is 5.71. The number of amides is 1. The summed E-state index contributed by atoms with van der Waals surface area (Å²) < 4.78 is 0. The molecular weight excluding hydrogens is 208 g/mol. The Kier molecular flexibility index (Phi) is 2.71. The lowest BCUT2D eigenvalue weighted by molar-refractivity contribution is -0.124. The quantitative estimate of drug-likeness (QED) is 0.696. The molecule has 2 aliphatic carbocycles. The van der Waals surface area contributed by atoms with Crippen LogP contribution in [-0.4, -0.2) is 16.9 Å². The van der Waals surface area contributed by atoms with Crippen LogP contribution in [0.2, 0.25) is 0 Å². The molecule has 2 fully saturated rings. The van der Waals surface area contributed by atoms with Crippen molar-refractivity contribution in [2.75, 3.05) is 0 Å². The summed E-state index contributed by atoms with van der Waals surface area (Å²) >= 11 is 4.94. The molecule has 3 N–H and O–H groups in total. The standard InChI is InChI=1S/C11H18N2OS/c1-2-3-7-6-8(7)13-10(14)11(4-5-11)9(12)15/h7-8H,2-6H2,1H3,(H2,12,15)(H,13,14). The van der Waals surface area contributed by atoms with Gasteiger partial charge in [-0.25, -0.2) is 0 Å². The maximum Gasteiger partial charge on any atom is 0.233 e. The Morgan fingerprint density at radius 1 is 1.60 bits per heavy atom. The van der Waals surface area contributed by atoms with Crippen molar-refractivity contribution in [3.8, 4) is 0 Å². The highest BCUT2D eigenvalue weighted by molar-refractivity contribution is 7.80. The van der Waals surface area contributed by atoms with Gasteiger partial charge in [0.05, 0.1) is 10.4 Å². The molecule has 4 heteroatoms. The Morgan fingerprint density at radius 3 is 2.73 bits per heavy atom. The topological polar surface area (TPSA) is 55.1 Å². The van der Waals surface area contributed by atoms with Gasteiger partial charge in [-0.15, -0.1) is 0 Å². The van der Waals surface area contributed by atoms with Crippen LogP contribution in [0, 0.1) is 11.3 Å². The number of nitrogens with one attached hydrogen (secondary N) is 1.